The minimum absolute atomic E-state index is 0.0921. The Kier molecular flexibility index (Phi) is 8.47. The molecule has 2 aromatic carbocycles. The van der Waals surface area contributed by atoms with Crippen molar-refractivity contribution in [1.82, 2.24) is 0 Å². The van der Waals surface area contributed by atoms with Crippen LogP contribution in [0.15, 0.2) is 36.4 Å². The van der Waals surface area contributed by atoms with E-state index in [4.69, 9.17) is 0 Å². The molecular formula is C27H30O7. The van der Waals surface area contributed by atoms with Crippen LogP contribution < -0.4 is 0 Å². The third-order valence-corrected chi connectivity index (χ3v) is 6.61. The largest absolute Gasteiger partial charge is 0.507 e. The summed E-state index contributed by atoms with van der Waals surface area (Å²) in [6, 6.07) is 10.2. The second-order valence-corrected chi connectivity index (χ2v) is 9.07. The van der Waals surface area contributed by atoms with E-state index in [0.29, 0.717) is 24.0 Å². The monoisotopic (exact) mass is 466 g/mol. The summed E-state index contributed by atoms with van der Waals surface area (Å²) in [5.41, 5.74) is 2.96. The number of carbonyl (C=O) groups excluding carboxylic acids is 4. The van der Waals surface area contributed by atoms with Gasteiger partial charge in [-0.15, -0.1) is 0 Å². The second kappa shape index (κ2) is 11.3. The summed E-state index contributed by atoms with van der Waals surface area (Å²) in [7, 11) is 0. The van der Waals surface area contributed by atoms with Gasteiger partial charge >= 0.3 is 0 Å². The molecule has 2 aromatic rings. The van der Waals surface area contributed by atoms with Gasteiger partial charge in [0.25, 0.3) is 0 Å². The maximum atomic E-state index is 13.1. The van der Waals surface area contributed by atoms with Gasteiger partial charge in [0.05, 0.1) is 18.6 Å². The van der Waals surface area contributed by atoms with Crippen LogP contribution in [-0.4, -0.2) is 52.2 Å². The van der Waals surface area contributed by atoms with Gasteiger partial charge in [-0.05, 0) is 66.8 Å². The highest BCUT2D eigenvalue weighted by Gasteiger charge is 2.35. The van der Waals surface area contributed by atoms with Crippen molar-refractivity contribution in [2.24, 2.45) is 17.8 Å². The van der Waals surface area contributed by atoms with Crippen LogP contribution in [0.2, 0.25) is 0 Å². The van der Waals surface area contributed by atoms with Gasteiger partial charge in [0.15, 0.2) is 5.78 Å². The van der Waals surface area contributed by atoms with Gasteiger partial charge in [-0.1, -0.05) is 24.3 Å². The molecule has 0 saturated carbocycles. The Morgan fingerprint density at radius 3 is 2.56 bits per heavy atom. The number of aldehydes is 1. The zero-order valence-electron chi connectivity index (χ0n) is 19.2. The van der Waals surface area contributed by atoms with Gasteiger partial charge in [-0.25, -0.2) is 0 Å². The molecule has 1 aliphatic carbocycles. The molecule has 7 nitrogen and oxygen atoms in total. The molecule has 7 heteroatoms. The van der Waals surface area contributed by atoms with Crippen LogP contribution in [0.25, 0.3) is 11.1 Å². The number of aromatic hydroxyl groups is 1. The van der Waals surface area contributed by atoms with Gasteiger partial charge in [0, 0.05) is 24.5 Å². The molecule has 1 aliphatic rings. The lowest BCUT2D eigenvalue weighted by molar-refractivity contribution is -0.131. The number of Topliss-reactive ketones (excluding diaryl/α,β-unsaturated/α-hetero) is 3. The van der Waals surface area contributed by atoms with E-state index < -0.39 is 12.5 Å². The van der Waals surface area contributed by atoms with Gasteiger partial charge in [0.2, 0.25) is 0 Å². The van der Waals surface area contributed by atoms with E-state index in [-0.39, 0.29) is 66.4 Å². The molecule has 0 spiro atoms. The first kappa shape index (κ1) is 25.5. The fourth-order valence-electron chi connectivity index (χ4n) is 5.07. The summed E-state index contributed by atoms with van der Waals surface area (Å²) < 4.78 is 0. The molecular weight excluding hydrogens is 436 g/mol. The Balaban J connectivity index is 1.94. The van der Waals surface area contributed by atoms with Crippen molar-refractivity contribution in [1.29, 1.82) is 0 Å². The molecule has 0 aromatic heterocycles. The Hall–Kier alpha value is -3.16. The van der Waals surface area contributed by atoms with Gasteiger partial charge in [-0.2, -0.15) is 0 Å². The van der Waals surface area contributed by atoms with Crippen LogP contribution in [0.3, 0.4) is 0 Å². The summed E-state index contributed by atoms with van der Waals surface area (Å²) in [5, 5.41) is 29.9. The van der Waals surface area contributed by atoms with Crippen LogP contribution in [0.5, 0.6) is 5.75 Å². The first-order valence-corrected chi connectivity index (χ1v) is 11.5. The highest BCUT2D eigenvalue weighted by atomic mass is 16.3. The molecule has 0 heterocycles. The van der Waals surface area contributed by atoms with Gasteiger partial charge in [0.1, 0.15) is 23.6 Å². The van der Waals surface area contributed by atoms with Crippen LogP contribution in [-0.2, 0) is 16.0 Å². The fourth-order valence-corrected chi connectivity index (χ4v) is 5.07. The van der Waals surface area contributed by atoms with Crippen molar-refractivity contribution in [2.45, 2.75) is 39.0 Å². The molecule has 0 aliphatic heterocycles. The molecule has 3 atom stereocenters. The molecule has 3 rings (SSSR count). The van der Waals surface area contributed by atoms with Crippen molar-refractivity contribution in [3.05, 3.63) is 53.1 Å². The summed E-state index contributed by atoms with van der Waals surface area (Å²) >= 11 is 0. The number of phenolic OH excluding ortho intramolecular Hbond substituents is 1. The van der Waals surface area contributed by atoms with Crippen molar-refractivity contribution in [3.63, 3.8) is 0 Å². The fraction of sp³-hybridized carbons (Fsp3) is 0.407. The predicted octanol–water partition coefficient (Wildman–Crippen LogP) is 3.16. The van der Waals surface area contributed by atoms with Crippen LogP contribution in [0, 0.1) is 17.8 Å². The zero-order chi connectivity index (χ0) is 24.8. The van der Waals surface area contributed by atoms with Crippen molar-refractivity contribution in [2.75, 3.05) is 13.2 Å². The van der Waals surface area contributed by atoms with E-state index in [2.05, 4.69) is 0 Å². The third kappa shape index (κ3) is 5.66. The highest BCUT2D eigenvalue weighted by molar-refractivity contribution is 6.03. The maximum Gasteiger partial charge on any atom is 0.167 e. The average molecular weight is 467 g/mol. The number of benzene rings is 2. The van der Waals surface area contributed by atoms with E-state index >= 15 is 0 Å². The number of phenols is 1. The van der Waals surface area contributed by atoms with Crippen LogP contribution in [0.1, 0.15) is 58.9 Å². The average Bonchev–Trinajstić information content (AvgIpc) is 2.79. The molecule has 34 heavy (non-hydrogen) atoms. The maximum absolute atomic E-state index is 13.1. The van der Waals surface area contributed by atoms with E-state index in [0.717, 1.165) is 17.4 Å². The number of hydrogen-bond acceptors (Lipinski definition) is 7. The molecule has 180 valence electrons. The summed E-state index contributed by atoms with van der Waals surface area (Å²) in [6.45, 7) is 0.701. The number of aliphatic hydroxyl groups is 2. The normalized spacial score (nSPS) is 17.0. The highest BCUT2D eigenvalue weighted by Crippen LogP contribution is 2.41. The summed E-state index contributed by atoms with van der Waals surface area (Å²) in [6.07, 6.45) is 1.77. The lowest BCUT2D eigenvalue weighted by Gasteiger charge is -2.31. The molecule has 3 unspecified atom stereocenters. The Bertz CT molecular complexity index is 1090. The molecule has 0 radical (unpaired) electrons. The van der Waals surface area contributed by atoms with Crippen molar-refractivity contribution in [3.8, 4) is 16.9 Å². The lowest BCUT2D eigenvalue weighted by Crippen LogP contribution is -2.32. The minimum Gasteiger partial charge on any atom is -0.507 e. The number of aliphatic hydroxyl groups excluding tert-OH is 2. The van der Waals surface area contributed by atoms with E-state index in [1.807, 2.05) is 6.07 Å². The number of carbonyl (C=O) groups is 4. The Labute approximate surface area is 198 Å². The number of hydrogen-bond donors (Lipinski definition) is 3. The number of ketones is 3. The predicted molar refractivity (Wildman–Crippen MR) is 126 cm³/mol. The SMILES string of the molecule is CC(=O)CC(=O)C(CO)C(CCO)CC1CC(=O)c2c(O)ccc(-c3cccc(C=O)c3)c2C1. The van der Waals surface area contributed by atoms with E-state index in [1.165, 1.54) is 13.0 Å². The Morgan fingerprint density at radius 2 is 1.91 bits per heavy atom. The van der Waals surface area contributed by atoms with Crippen molar-refractivity contribution < 1.29 is 34.5 Å². The summed E-state index contributed by atoms with van der Waals surface area (Å²) in [5.74, 6) is -2.31. The standard InChI is InChI=1S/C27H30O7/c1-16(31)9-25(33)23(15-30)20(7-8-28)11-18-12-22-21(19-4-2-3-17(10-19)14-29)5-6-24(32)27(22)26(34)13-18/h2-6,10,14,18,20,23,28,30,32H,7-9,11-13,15H2,1H3. The van der Waals surface area contributed by atoms with Crippen LogP contribution >= 0.6 is 0 Å². The van der Waals surface area contributed by atoms with Gasteiger partial charge < -0.3 is 15.3 Å². The molecule has 3 N–H and O–H groups in total. The summed E-state index contributed by atoms with van der Waals surface area (Å²) in [4.78, 5) is 48.3. The smallest absolute Gasteiger partial charge is 0.167 e. The molecule has 0 saturated heterocycles. The number of rotatable bonds is 11. The van der Waals surface area contributed by atoms with Crippen LogP contribution in [0.4, 0.5) is 0 Å². The second-order valence-electron chi connectivity index (χ2n) is 9.07. The molecule has 0 bridgehead atoms. The minimum atomic E-state index is -0.791. The van der Waals surface area contributed by atoms with E-state index in [1.54, 1.807) is 24.3 Å². The zero-order valence-corrected chi connectivity index (χ0v) is 19.2. The molecule has 0 fully saturated rings. The Morgan fingerprint density at radius 1 is 1.15 bits per heavy atom. The quantitative estimate of drug-likeness (QED) is 0.343. The third-order valence-electron chi connectivity index (χ3n) is 6.61. The first-order valence-electron chi connectivity index (χ1n) is 11.5. The number of fused-ring (bicyclic) bond motifs is 1. The first-order chi connectivity index (χ1) is 16.3. The molecule has 0 amide bonds. The topological polar surface area (TPSA) is 129 Å². The lowest BCUT2D eigenvalue weighted by atomic mass is 9.72. The van der Waals surface area contributed by atoms with Crippen molar-refractivity contribution >= 4 is 23.6 Å². The van der Waals surface area contributed by atoms with E-state index in [9.17, 15) is 34.5 Å². The van der Waals surface area contributed by atoms with Gasteiger partial charge in [-0.3, -0.25) is 19.2 Å².